The molecule has 0 aliphatic carbocycles. The van der Waals surface area contributed by atoms with Gasteiger partial charge >= 0.3 is 6.18 Å². The van der Waals surface area contributed by atoms with E-state index in [1.807, 2.05) is 0 Å². The maximum absolute atomic E-state index is 13.1. The van der Waals surface area contributed by atoms with Gasteiger partial charge in [-0.05, 0) is 35.4 Å². The lowest BCUT2D eigenvalue weighted by Gasteiger charge is -2.12. The molecule has 3 nitrogen and oxygen atoms in total. The highest BCUT2D eigenvalue weighted by atomic mass is 19.4. The highest BCUT2D eigenvalue weighted by Gasteiger charge is 2.27. The van der Waals surface area contributed by atoms with Gasteiger partial charge in [-0.1, -0.05) is 24.3 Å². The molecule has 0 aliphatic rings. The van der Waals surface area contributed by atoms with Crippen molar-refractivity contribution >= 4 is 11.6 Å². The monoisotopic (exact) mass is 341 g/mol. The van der Waals surface area contributed by atoms with Crippen molar-refractivity contribution < 1.29 is 27.5 Å². The number of carbonyl (C=O) groups excluding carboxylic acids is 1. The molecule has 2 rings (SSSR count). The smallest absolute Gasteiger partial charge is 0.388 e. The normalized spacial score (nSPS) is 12.7. The molecule has 0 fully saturated rings. The molecule has 2 aromatic carbocycles. The fourth-order valence-corrected chi connectivity index (χ4v) is 2.21. The van der Waals surface area contributed by atoms with Gasteiger partial charge in [-0.15, -0.1) is 0 Å². The standard InChI is InChI=1S/C17H15F4NO2/c18-13-5-2-4-12(8-13)15(23)9-16(24)22-14-6-1-3-11(7-14)10-17(19,20)21/h1-8,15,23H,9-10H2,(H,22,24). The maximum Gasteiger partial charge on any atom is 0.393 e. The zero-order valence-corrected chi connectivity index (χ0v) is 12.5. The van der Waals surface area contributed by atoms with E-state index in [-0.39, 0.29) is 23.2 Å². The van der Waals surface area contributed by atoms with Crippen LogP contribution in [0.5, 0.6) is 0 Å². The molecule has 0 saturated carbocycles. The molecule has 128 valence electrons. The van der Waals surface area contributed by atoms with E-state index >= 15 is 0 Å². The Morgan fingerprint density at radius 3 is 2.50 bits per heavy atom. The average Bonchev–Trinajstić information content (AvgIpc) is 2.45. The van der Waals surface area contributed by atoms with Gasteiger partial charge in [-0.3, -0.25) is 4.79 Å². The van der Waals surface area contributed by atoms with Crippen molar-refractivity contribution in [3.05, 3.63) is 65.5 Å². The molecule has 2 aromatic rings. The van der Waals surface area contributed by atoms with Gasteiger partial charge in [-0.2, -0.15) is 13.2 Å². The zero-order chi connectivity index (χ0) is 17.7. The highest BCUT2D eigenvalue weighted by Crippen LogP contribution is 2.23. The summed E-state index contributed by atoms with van der Waals surface area (Å²) in [5, 5.41) is 12.3. The van der Waals surface area contributed by atoms with Crippen LogP contribution in [0.3, 0.4) is 0 Å². The Morgan fingerprint density at radius 2 is 1.83 bits per heavy atom. The first-order chi connectivity index (χ1) is 11.2. The zero-order valence-electron chi connectivity index (χ0n) is 12.5. The number of rotatable bonds is 5. The van der Waals surface area contributed by atoms with E-state index in [9.17, 15) is 27.5 Å². The summed E-state index contributed by atoms with van der Waals surface area (Å²) in [7, 11) is 0. The number of halogens is 4. The number of alkyl halides is 3. The molecule has 1 atom stereocenters. The van der Waals surface area contributed by atoms with Crippen LogP contribution in [0.25, 0.3) is 0 Å². The topological polar surface area (TPSA) is 49.3 Å². The molecule has 0 radical (unpaired) electrons. The van der Waals surface area contributed by atoms with Crippen molar-refractivity contribution in [2.75, 3.05) is 5.32 Å². The Kier molecular flexibility index (Phi) is 5.56. The van der Waals surface area contributed by atoms with Gasteiger partial charge in [0.05, 0.1) is 18.9 Å². The van der Waals surface area contributed by atoms with E-state index in [2.05, 4.69) is 5.32 Å². The van der Waals surface area contributed by atoms with E-state index < -0.39 is 30.4 Å². The fourth-order valence-electron chi connectivity index (χ4n) is 2.21. The Labute approximate surface area is 135 Å². The van der Waals surface area contributed by atoms with Crippen molar-refractivity contribution in [3.63, 3.8) is 0 Å². The van der Waals surface area contributed by atoms with Crippen molar-refractivity contribution in [1.82, 2.24) is 0 Å². The van der Waals surface area contributed by atoms with E-state index in [1.165, 1.54) is 42.5 Å². The Hall–Kier alpha value is -2.41. The minimum Gasteiger partial charge on any atom is -0.388 e. The molecule has 0 bridgehead atoms. The van der Waals surface area contributed by atoms with Crippen molar-refractivity contribution in [2.24, 2.45) is 0 Å². The molecule has 0 spiro atoms. The van der Waals surface area contributed by atoms with Gasteiger partial charge in [-0.25, -0.2) is 4.39 Å². The number of aliphatic hydroxyl groups is 1. The van der Waals surface area contributed by atoms with E-state index in [1.54, 1.807) is 0 Å². The summed E-state index contributed by atoms with van der Waals surface area (Å²) in [6.07, 6.45) is -6.98. The first kappa shape index (κ1) is 17.9. The van der Waals surface area contributed by atoms with E-state index in [0.29, 0.717) is 0 Å². The third-order valence-corrected chi connectivity index (χ3v) is 3.23. The summed E-state index contributed by atoms with van der Waals surface area (Å²) < 4.78 is 50.2. The third kappa shape index (κ3) is 5.66. The van der Waals surface area contributed by atoms with Crippen molar-refractivity contribution in [1.29, 1.82) is 0 Å². The van der Waals surface area contributed by atoms with Crippen LogP contribution >= 0.6 is 0 Å². The van der Waals surface area contributed by atoms with Gasteiger partial charge in [0.2, 0.25) is 5.91 Å². The van der Waals surface area contributed by atoms with Crippen LogP contribution in [0.1, 0.15) is 23.7 Å². The SMILES string of the molecule is O=C(CC(O)c1cccc(F)c1)Nc1cccc(CC(F)(F)F)c1. The van der Waals surface area contributed by atoms with Gasteiger partial charge in [0.15, 0.2) is 0 Å². The molecule has 24 heavy (non-hydrogen) atoms. The number of aliphatic hydroxyl groups excluding tert-OH is 1. The summed E-state index contributed by atoms with van der Waals surface area (Å²) in [5.41, 5.74) is 0.468. The molecular formula is C17H15F4NO2. The number of carbonyl (C=O) groups is 1. The predicted octanol–water partition coefficient (Wildman–Crippen LogP) is 3.99. The second-order valence-corrected chi connectivity index (χ2v) is 5.32. The van der Waals surface area contributed by atoms with Crippen LogP contribution in [0.15, 0.2) is 48.5 Å². The summed E-state index contributed by atoms with van der Waals surface area (Å²) in [5.74, 6) is -1.12. The largest absolute Gasteiger partial charge is 0.393 e. The lowest BCUT2D eigenvalue weighted by Crippen LogP contribution is -2.16. The van der Waals surface area contributed by atoms with Crippen LogP contribution in [0, 0.1) is 5.82 Å². The Bertz CT molecular complexity index is 716. The second-order valence-electron chi connectivity index (χ2n) is 5.32. The Balaban J connectivity index is 1.98. The Morgan fingerprint density at radius 1 is 1.12 bits per heavy atom. The molecule has 1 unspecified atom stereocenters. The lowest BCUT2D eigenvalue weighted by atomic mass is 10.1. The van der Waals surface area contributed by atoms with Gasteiger partial charge in [0.25, 0.3) is 0 Å². The van der Waals surface area contributed by atoms with Crippen LogP contribution in [0.2, 0.25) is 0 Å². The first-order valence-electron chi connectivity index (χ1n) is 7.12. The van der Waals surface area contributed by atoms with Gasteiger partial charge in [0.1, 0.15) is 5.82 Å². The number of hydrogen-bond acceptors (Lipinski definition) is 2. The average molecular weight is 341 g/mol. The highest BCUT2D eigenvalue weighted by molar-refractivity contribution is 5.91. The lowest BCUT2D eigenvalue weighted by molar-refractivity contribution is -0.127. The summed E-state index contributed by atoms with van der Waals surface area (Å²) in [6.45, 7) is 0. The van der Waals surface area contributed by atoms with Crippen molar-refractivity contribution in [2.45, 2.75) is 25.1 Å². The predicted molar refractivity (Wildman–Crippen MR) is 80.8 cm³/mol. The molecule has 0 aromatic heterocycles. The quantitative estimate of drug-likeness (QED) is 0.808. The summed E-state index contributed by atoms with van der Waals surface area (Å²) in [6, 6.07) is 10.6. The van der Waals surface area contributed by atoms with Gasteiger partial charge in [0, 0.05) is 5.69 Å². The van der Waals surface area contributed by atoms with Crippen molar-refractivity contribution in [3.8, 4) is 0 Å². The molecule has 0 saturated heterocycles. The molecule has 2 N–H and O–H groups in total. The molecule has 1 amide bonds. The van der Waals surface area contributed by atoms with Gasteiger partial charge < -0.3 is 10.4 Å². The second kappa shape index (κ2) is 7.44. The third-order valence-electron chi connectivity index (χ3n) is 3.23. The number of anilines is 1. The number of nitrogens with one attached hydrogen (secondary N) is 1. The summed E-state index contributed by atoms with van der Waals surface area (Å²) in [4.78, 5) is 11.9. The van der Waals surface area contributed by atoms with Crippen LogP contribution in [-0.2, 0) is 11.2 Å². The van der Waals surface area contributed by atoms with Crippen LogP contribution in [-0.4, -0.2) is 17.2 Å². The molecule has 0 heterocycles. The number of hydrogen-bond donors (Lipinski definition) is 2. The molecular weight excluding hydrogens is 326 g/mol. The number of amides is 1. The minimum atomic E-state index is -4.34. The van der Waals surface area contributed by atoms with Crippen LogP contribution < -0.4 is 5.32 Å². The fraction of sp³-hybridized carbons (Fsp3) is 0.235. The van der Waals surface area contributed by atoms with Crippen LogP contribution in [0.4, 0.5) is 23.2 Å². The minimum absolute atomic E-state index is 0.0194. The summed E-state index contributed by atoms with van der Waals surface area (Å²) >= 11 is 0. The maximum atomic E-state index is 13.1. The number of benzene rings is 2. The first-order valence-corrected chi connectivity index (χ1v) is 7.12. The molecule has 7 heteroatoms. The van der Waals surface area contributed by atoms with E-state index in [4.69, 9.17) is 0 Å². The molecule has 0 aliphatic heterocycles. The van der Waals surface area contributed by atoms with E-state index in [0.717, 1.165) is 6.07 Å².